The zero-order chi connectivity index (χ0) is 16.8. The molecule has 0 bridgehead atoms. The molecule has 6 heteroatoms. The average Bonchev–Trinajstić information content (AvgIpc) is 2.56. The lowest BCUT2D eigenvalue weighted by molar-refractivity contribution is -0.136. The lowest BCUT2D eigenvalue weighted by Crippen LogP contribution is -2.35. The Labute approximate surface area is 133 Å². The van der Waals surface area contributed by atoms with Gasteiger partial charge in [0.25, 0.3) is 0 Å². The molecule has 2 aromatic rings. The molecule has 23 heavy (non-hydrogen) atoms. The number of halogens is 1. The quantitative estimate of drug-likeness (QED) is 0.851. The number of carbonyl (C=O) groups is 2. The van der Waals surface area contributed by atoms with Crippen molar-refractivity contribution in [2.75, 3.05) is 12.4 Å². The van der Waals surface area contributed by atoms with E-state index in [1.807, 2.05) is 6.07 Å². The minimum absolute atomic E-state index is 0.151. The Bertz CT molecular complexity index is 732. The van der Waals surface area contributed by atoms with Crippen LogP contribution in [0, 0.1) is 12.7 Å². The van der Waals surface area contributed by atoms with Crippen LogP contribution in [0.5, 0.6) is 5.75 Å². The highest BCUT2D eigenvalue weighted by Crippen LogP contribution is 2.17. The van der Waals surface area contributed by atoms with Crippen molar-refractivity contribution in [2.45, 2.75) is 13.5 Å². The molecule has 2 N–H and O–H groups in total. The normalized spacial score (nSPS) is 10.0. The van der Waals surface area contributed by atoms with Crippen molar-refractivity contribution >= 4 is 17.5 Å². The number of para-hydroxylation sites is 1. The number of nitrogens with one attached hydrogen (secondary N) is 2. The van der Waals surface area contributed by atoms with Gasteiger partial charge < -0.3 is 15.4 Å². The van der Waals surface area contributed by atoms with Crippen molar-refractivity contribution in [1.29, 1.82) is 0 Å². The molecule has 0 unspecified atom stereocenters. The first-order valence-corrected chi connectivity index (χ1v) is 6.98. The van der Waals surface area contributed by atoms with Crippen molar-refractivity contribution in [2.24, 2.45) is 0 Å². The van der Waals surface area contributed by atoms with Gasteiger partial charge in [-0.2, -0.15) is 0 Å². The molecule has 0 radical (unpaired) electrons. The van der Waals surface area contributed by atoms with Crippen LogP contribution >= 0.6 is 0 Å². The maximum Gasteiger partial charge on any atom is 0.313 e. The second kappa shape index (κ2) is 7.40. The van der Waals surface area contributed by atoms with E-state index in [1.54, 1.807) is 25.1 Å². The van der Waals surface area contributed by atoms with Gasteiger partial charge in [0, 0.05) is 17.8 Å². The van der Waals surface area contributed by atoms with Gasteiger partial charge in [0.05, 0.1) is 7.11 Å². The van der Waals surface area contributed by atoms with E-state index in [-0.39, 0.29) is 12.2 Å². The average molecular weight is 316 g/mol. The van der Waals surface area contributed by atoms with Gasteiger partial charge in [-0.1, -0.05) is 24.3 Å². The predicted octanol–water partition coefficient (Wildman–Crippen LogP) is 2.40. The molecule has 2 aromatic carbocycles. The van der Waals surface area contributed by atoms with Gasteiger partial charge in [-0.15, -0.1) is 0 Å². The van der Waals surface area contributed by atoms with Crippen LogP contribution in [-0.4, -0.2) is 18.9 Å². The van der Waals surface area contributed by atoms with Crippen molar-refractivity contribution < 1.29 is 18.7 Å². The summed E-state index contributed by atoms with van der Waals surface area (Å²) in [7, 11) is 1.53. The van der Waals surface area contributed by atoms with Gasteiger partial charge in [-0.25, -0.2) is 4.39 Å². The zero-order valence-electron chi connectivity index (χ0n) is 12.9. The first-order chi connectivity index (χ1) is 11.0. The Morgan fingerprint density at radius 3 is 2.61 bits per heavy atom. The molecule has 120 valence electrons. The van der Waals surface area contributed by atoms with E-state index in [0.717, 1.165) is 5.56 Å². The fourth-order valence-electron chi connectivity index (χ4n) is 2.01. The van der Waals surface area contributed by atoms with Gasteiger partial charge in [0.15, 0.2) is 0 Å². The van der Waals surface area contributed by atoms with Crippen LogP contribution in [0.15, 0.2) is 42.5 Å². The summed E-state index contributed by atoms with van der Waals surface area (Å²) < 4.78 is 18.4. The Balaban J connectivity index is 1.98. The molecule has 0 fully saturated rings. The lowest BCUT2D eigenvalue weighted by atomic mass is 10.2. The predicted molar refractivity (Wildman–Crippen MR) is 84.6 cm³/mol. The maximum absolute atomic E-state index is 13.2. The number of ether oxygens (including phenoxy) is 1. The Morgan fingerprint density at radius 2 is 1.87 bits per heavy atom. The number of hydrogen-bond donors (Lipinski definition) is 2. The third kappa shape index (κ3) is 4.29. The highest BCUT2D eigenvalue weighted by atomic mass is 19.1. The molecule has 0 aliphatic heterocycles. The standard InChI is InChI=1S/C17H17FN2O3/c1-11-7-8-13(18)9-14(11)20-17(22)16(21)19-10-12-5-3-4-6-15(12)23-2/h3-9H,10H2,1-2H3,(H,19,21)(H,20,22). The SMILES string of the molecule is COc1ccccc1CNC(=O)C(=O)Nc1cc(F)ccc1C. The van der Waals surface area contributed by atoms with Gasteiger partial charge in [0.1, 0.15) is 11.6 Å². The third-order valence-corrected chi connectivity index (χ3v) is 3.29. The van der Waals surface area contributed by atoms with Crippen LogP contribution in [0.25, 0.3) is 0 Å². The fourth-order valence-corrected chi connectivity index (χ4v) is 2.01. The Hall–Kier alpha value is -2.89. The van der Waals surface area contributed by atoms with E-state index in [2.05, 4.69) is 10.6 Å². The highest BCUT2D eigenvalue weighted by molar-refractivity contribution is 6.39. The number of carbonyl (C=O) groups excluding carboxylic acids is 2. The van der Waals surface area contributed by atoms with Crippen LogP contribution < -0.4 is 15.4 Å². The Kier molecular flexibility index (Phi) is 5.30. The van der Waals surface area contributed by atoms with Crippen LogP contribution in [0.4, 0.5) is 10.1 Å². The summed E-state index contributed by atoms with van der Waals surface area (Å²) >= 11 is 0. The van der Waals surface area contributed by atoms with Crippen molar-refractivity contribution in [3.63, 3.8) is 0 Å². The number of rotatable bonds is 4. The van der Waals surface area contributed by atoms with E-state index in [9.17, 15) is 14.0 Å². The molecule has 0 spiro atoms. The molecule has 0 aliphatic carbocycles. The smallest absolute Gasteiger partial charge is 0.313 e. The summed E-state index contributed by atoms with van der Waals surface area (Å²) in [4.78, 5) is 23.7. The summed E-state index contributed by atoms with van der Waals surface area (Å²) in [5, 5.41) is 4.90. The number of anilines is 1. The van der Waals surface area contributed by atoms with Gasteiger partial charge >= 0.3 is 11.8 Å². The molecule has 0 atom stereocenters. The summed E-state index contributed by atoms with van der Waals surface area (Å²) in [6, 6.07) is 11.1. The van der Waals surface area contributed by atoms with E-state index in [0.29, 0.717) is 11.3 Å². The van der Waals surface area contributed by atoms with Crippen molar-refractivity contribution in [3.8, 4) is 5.75 Å². The Morgan fingerprint density at radius 1 is 1.13 bits per heavy atom. The number of amides is 2. The first kappa shape index (κ1) is 16.5. The molecule has 5 nitrogen and oxygen atoms in total. The van der Waals surface area contributed by atoms with E-state index in [1.165, 1.54) is 25.3 Å². The first-order valence-electron chi connectivity index (χ1n) is 6.98. The molecular weight excluding hydrogens is 299 g/mol. The van der Waals surface area contributed by atoms with E-state index >= 15 is 0 Å². The van der Waals surface area contributed by atoms with Crippen molar-refractivity contribution in [1.82, 2.24) is 5.32 Å². The number of benzene rings is 2. The minimum Gasteiger partial charge on any atom is -0.496 e. The summed E-state index contributed by atoms with van der Waals surface area (Å²) in [6.45, 7) is 1.86. The van der Waals surface area contributed by atoms with Crippen LogP contribution in [0.2, 0.25) is 0 Å². The fraction of sp³-hybridized carbons (Fsp3) is 0.176. The van der Waals surface area contributed by atoms with Crippen molar-refractivity contribution in [3.05, 3.63) is 59.4 Å². The largest absolute Gasteiger partial charge is 0.496 e. The van der Waals surface area contributed by atoms with E-state index in [4.69, 9.17) is 4.74 Å². The van der Waals surface area contributed by atoms with Crippen LogP contribution in [-0.2, 0) is 16.1 Å². The molecule has 0 aliphatic rings. The number of methoxy groups -OCH3 is 1. The lowest BCUT2D eigenvalue weighted by Gasteiger charge is -2.10. The number of aryl methyl sites for hydroxylation is 1. The molecule has 2 rings (SSSR count). The molecule has 0 saturated carbocycles. The molecule has 0 saturated heterocycles. The minimum atomic E-state index is -0.853. The zero-order valence-corrected chi connectivity index (χ0v) is 12.9. The second-order valence-corrected chi connectivity index (χ2v) is 4.91. The second-order valence-electron chi connectivity index (χ2n) is 4.91. The van der Waals surface area contributed by atoms with Gasteiger partial charge in [-0.3, -0.25) is 9.59 Å². The molecule has 0 aromatic heterocycles. The molecule has 0 heterocycles. The molecular formula is C17H17FN2O3. The van der Waals surface area contributed by atoms with Crippen LogP contribution in [0.3, 0.4) is 0 Å². The van der Waals surface area contributed by atoms with Gasteiger partial charge in [0.2, 0.25) is 0 Å². The topological polar surface area (TPSA) is 67.4 Å². The maximum atomic E-state index is 13.2. The summed E-state index contributed by atoms with van der Waals surface area (Å²) in [5.74, 6) is -1.53. The van der Waals surface area contributed by atoms with Crippen LogP contribution in [0.1, 0.15) is 11.1 Å². The highest BCUT2D eigenvalue weighted by Gasteiger charge is 2.15. The monoisotopic (exact) mass is 316 g/mol. The molecule has 2 amide bonds. The van der Waals surface area contributed by atoms with Gasteiger partial charge in [-0.05, 0) is 30.7 Å². The summed E-state index contributed by atoms with van der Waals surface area (Å²) in [6.07, 6.45) is 0. The summed E-state index contributed by atoms with van der Waals surface area (Å²) in [5.41, 5.74) is 1.68. The third-order valence-electron chi connectivity index (χ3n) is 3.29. The van der Waals surface area contributed by atoms with E-state index < -0.39 is 17.6 Å². The number of hydrogen-bond acceptors (Lipinski definition) is 3.